The zero-order chi connectivity index (χ0) is 14.8. The summed E-state index contributed by atoms with van der Waals surface area (Å²) in [5.74, 6) is 0. The summed E-state index contributed by atoms with van der Waals surface area (Å²) in [7, 11) is 0. The number of rotatable bonds is 2. The fourth-order valence-corrected chi connectivity index (χ4v) is 2.38. The molecule has 1 heterocycles. The molecule has 0 bridgehead atoms. The molecule has 2 aromatic carbocycles. The second kappa shape index (κ2) is 6.02. The minimum Gasteiger partial charge on any atom is -0.251 e. The quantitative estimate of drug-likeness (QED) is 0.594. The first-order chi connectivity index (χ1) is 10.1. The zero-order valence-electron chi connectivity index (χ0n) is 10.7. The van der Waals surface area contributed by atoms with Crippen molar-refractivity contribution >= 4 is 34.8 Å². The summed E-state index contributed by atoms with van der Waals surface area (Å²) < 4.78 is 0. The van der Waals surface area contributed by atoms with Crippen LogP contribution < -0.4 is 0 Å². The third-order valence-electron chi connectivity index (χ3n) is 2.98. The standard InChI is InChI=1S/C16H9Cl3N2/c17-12-5-1-10(2-6-12)15-16(21-14(19)9-20-15)11-3-7-13(18)8-4-11/h1-9H. The minimum atomic E-state index is 0.345. The van der Waals surface area contributed by atoms with Crippen molar-refractivity contribution in [2.45, 2.75) is 0 Å². The van der Waals surface area contributed by atoms with Crippen molar-refractivity contribution in [3.8, 4) is 22.5 Å². The lowest BCUT2D eigenvalue weighted by Gasteiger charge is -2.09. The number of halogens is 3. The second-order valence-electron chi connectivity index (χ2n) is 4.40. The predicted octanol–water partition coefficient (Wildman–Crippen LogP) is 5.77. The van der Waals surface area contributed by atoms with Crippen molar-refractivity contribution in [1.29, 1.82) is 0 Å². The molecule has 0 atom stereocenters. The summed E-state index contributed by atoms with van der Waals surface area (Å²) in [5, 5.41) is 1.69. The van der Waals surface area contributed by atoms with E-state index >= 15 is 0 Å². The monoisotopic (exact) mass is 334 g/mol. The molecule has 3 rings (SSSR count). The van der Waals surface area contributed by atoms with Crippen LogP contribution in [0.25, 0.3) is 22.5 Å². The third-order valence-corrected chi connectivity index (χ3v) is 3.66. The molecule has 0 radical (unpaired) electrons. The topological polar surface area (TPSA) is 25.8 Å². The lowest BCUT2D eigenvalue weighted by atomic mass is 10.0. The summed E-state index contributed by atoms with van der Waals surface area (Å²) in [6.45, 7) is 0. The van der Waals surface area contributed by atoms with Gasteiger partial charge in [0.25, 0.3) is 0 Å². The first-order valence-electron chi connectivity index (χ1n) is 6.18. The first-order valence-corrected chi connectivity index (χ1v) is 7.31. The molecule has 0 aliphatic carbocycles. The molecular formula is C16H9Cl3N2. The molecule has 0 saturated heterocycles. The highest BCUT2D eigenvalue weighted by molar-refractivity contribution is 6.31. The van der Waals surface area contributed by atoms with Gasteiger partial charge in [-0.05, 0) is 24.3 Å². The molecule has 0 amide bonds. The van der Waals surface area contributed by atoms with Crippen LogP contribution in [0.5, 0.6) is 0 Å². The smallest absolute Gasteiger partial charge is 0.148 e. The van der Waals surface area contributed by atoms with Crippen molar-refractivity contribution < 1.29 is 0 Å². The van der Waals surface area contributed by atoms with Crippen LogP contribution in [0, 0.1) is 0 Å². The van der Waals surface area contributed by atoms with Crippen molar-refractivity contribution in [2.24, 2.45) is 0 Å². The molecule has 0 unspecified atom stereocenters. The van der Waals surface area contributed by atoms with E-state index in [9.17, 15) is 0 Å². The summed E-state index contributed by atoms with van der Waals surface area (Å²) in [4.78, 5) is 8.81. The predicted molar refractivity (Wildman–Crippen MR) is 87.9 cm³/mol. The summed E-state index contributed by atoms with van der Waals surface area (Å²) in [6, 6.07) is 14.8. The van der Waals surface area contributed by atoms with Gasteiger partial charge in [-0.15, -0.1) is 0 Å². The van der Waals surface area contributed by atoms with Crippen LogP contribution in [0.15, 0.2) is 54.7 Å². The van der Waals surface area contributed by atoms with Crippen molar-refractivity contribution in [1.82, 2.24) is 9.97 Å². The molecule has 1 aromatic heterocycles. The third kappa shape index (κ3) is 3.18. The van der Waals surface area contributed by atoms with Gasteiger partial charge in [0.2, 0.25) is 0 Å². The van der Waals surface area contributed by atoms with Gasteiger partial charge >= 0.3 is 0 Å². The number of aromatic nitrogens is 2. The molecule has 104 valence electrons. The fourth-order valence-electron chi connectivity index (χ4n) is 2.00. The molecule has 2 nitrogen and oxygen atoms in total. The molecule has 0 aliphatic heterocycles. The van der Waals surface area contributed by atoms with Gasteiger partial charge in [-0.25, -0.2) is 4.98 Å². The molecule has 21 heavy (non-hydrogen) atoms. The second-order valence-corrected chi connectivity index (χ2v) is 5.66. The van der Waals surface area contributed by atoms with Gasteiger partial charge in [0, 0.05) is 21.2 Å². The molecule has 5 heteroatoms. The van der Waals surface area contributed by atoms with Crippen LogP contribution in [-0.2, 0) is 0 Å². The fraction of sp³-hybridized carbons (Fsp3) is 0. The van der Waals surface area contributed by atoms with Crippen LogP contribution in [0.4, 0.5) is 0 Å². The van der Waals surface area contributed by atoms with Crippen LogP contribution in [0.2, 0.25) is 15.2 Å². The molecular weight excluding hydrogens is 327 g/mol. The zero-order valence-corrected chi connectivity index (χ0v) is 13.0. The highest BCUT2D eigenvalue weighted by atomic mass is 35.5. The van der Waals surface area contributed by atoms with Gasteiger partial charge in [-0.2, -0.15) is 0 Å². The van der Waals surface area contributed by atoms with Crippen molar-refractivity contribution in [3.05, 3.63) is 69.9 Å². The molecule has 3 aromatic rings. The van der Waals surface area contributed by atoms with Gasteiger partial charge in [0.1, 0.15) is 5.15 Å². The Hall–Kier alpha value is -1.61. The summed E-state index contributed by atoms with van der Waals surface area (Å²) >= 11 is 17.8. The Balaban J connectivity index is 2.17. The highest BCUT2D eigenvalue weighted by Gasteiger charge is 2.11. The Morgan fingerprint density at radius 1 is 0.619 bits per heavy atom. The number of benzene rings is 2. The molecule has 0 aliphatic rings. The van der Waals surface area contributed by atoms with Crippen molar-refractivity contribution in [3.63, 3.8) is 0 Å². The maximum atomic E-state index is 5.99. The van der Waals surface area contributed by atoms with Gasteiger partial charge in [-0.3, -0.25) is 4.98 Å². The van der Waals surface area contributed by atoms with Crippen LogP contribution in [-0.4, -0.2) is 9.97 Å². The lowest BCUT2D eigenvalue weighted by molar-refractivity contribution is 1.21. The molecule has 0 N–H and O–H groups in total. The summed E-state index contributed by atoms with van der Waals surface area (Å²) in [6.07, 6.45) is 1.53. The van der Waals surface area contributed by atoms with E-state index in [1.807, 2.05) is 48.5 Å². The number of nitrogens with zero attached hydrogens (tertiary/aromatic N) is 2. The van der Waals surface area contributed by atoms with E-state index < -0.39 is 0 Å². The Kier molecular flexibility index (Phi) is 4.11. The SMILES string of the molecule is Clc1ccc(-c2ncc(Cl)nc2-c2ccc(Cl)cc2)cc1. The van der Waals surface area contributed by atoms with Crippen LogP contribution >= 0.6 is 34.8 Å². The normalized spacial score (nSPS) is 10.6. The van der Waals surface area contributed by atoms with E-state index in [1.54, 1.807) is 0 Å². The van der Waals surface area contributed by atoms with Gasteiger partial charge in [0.15, 0.2) is 0 Å². The maximum Gasteiger partial charge on any atom is 0.148 e. The van der Waals surface area contributed by atoms with Gasteiger partial charge in [0.05, 0.1) is 17.6 Å². The number of hydrogen-bond donors (Lipinski definition) is 0. The molecule has 0 saturated carbocycles. The van der Waals surface area contributed by atoms with Crippen molar-refractivity contribution in [2.75, 3.05) is 0 Å². The van der Waals surface area contributed by atoms with E-state index in [2.05, 4.69) is 9.97 Å². The minimum absolute atomic E-state index is 0.345. The van der Waals surface area contributed by atoms with E-state index in [-0.39, 0.29) is 0 Å². The van der Waals surface area contributed by atoms with E-state index in [4.69, 9.17) is 34.8 Å². The lowest BCUT2D eigenvalue weighted by Crippen LogP contribution is -1.93. The van der Waals surface area contributed by atoms with Gasteiger partial charge in [-0.1, -0.05) is 59.1 Å². The number of hydrogen-bond acceptors (Lipinski definition) is 2. The molecule has 0 spiro atoms. The van der Waals surface area contributed by atoms with Crippen LogP contribution in [0.1, 0.15) is 0 Å². The van der Waals surface area contributed by atoms with E-state index in [1.165, 1.54) is 6.20 Å². The Labute approximate surface area is 137 Å². The average Bonchev–Trinajstić information content (AvgIpc) is 2.49. The van der Waals surface area contributed by atoms with E-state index in [0.717, 1.165) is 16.8 Å². The Bertz CT molecular complexity index is 769. The Morgan fingerprint density at radius 3 is 1.62 bits per heavy atom. The first kappa shape index (κ1) is 14.3. The largest absolute Gasteiger partial charge is 0.251 e. The average molecular weight is 336 g/mol. The molecule has 0 fully saturated rings. The van der Waals surface area contributed by atoms with E-state index in [0.29, 0.717) is 20.9 Å². The maximum absolute atomic E-state index is 5.99. The Morgan fingerprint density at radius 2 is 1.10 bits per heavy atom. The van der Waals surface area contributed by atoms with Gasteiger partial charge < -0.3 is 0 Å². The highest BCUT2D eigenvalue weighted by Crippen LogP contribution is 2.31. The van der Waals surface area contributed by atoms with Crippen LogP contribution in [0.3, 0.4) is 0 Å². The summed E-state index contributed by atoms with van der Waals surface area (Å²) in [5.41, 5.74) is 3.28.